The molecule has 7 heteroatoms. The van der Waals surface area contributed by atoms with Gasteiger partial charge in [0.05, 0.1) is 0 Å². The molecule has 0 aliphatic rings. The van der Waals surface area contributed by atoms with Crippen molar-refractivity contribution < 1.29 is 19.0 Å². The van der Waals surface area contributed by atoms with Crippen molar-refractivity contribution in [1.29, 1.82) is 0 Å². The van der Waals surface area contributed by atoms with Crippen molar-refractivity contribution in [3.63, 3.8) is 0 Å². The maximum absolute atomic E-state index is 13.2. The van der Waals surface area contributed by atoms with Crippen LogP contribution in [0.15, 0.2) is 54.6 Å². The highest BCUT2D eigenvalue weighted by molar-refractivity contribution is 6.36. The normalized spacial score (nSPS) is 11.8. The second kappa shape index (κ2) is 9.37. The van der Waals surface area contributed by atoms with Crippen molar-refractivity contribution in [2.45, 2.75) is 19.4 Å². The van der Waals surface area contributed by atoms with Crippen molar-refractivity contribution in [2.75, 3.05) is 7.05 Å². The summed E-state index contributed by atoms with van der Waals surface area (Å²) in [5.74, 6) is -0.123. The van der Waals surface area contributed by atoms with Crippen molar-refractivity contribution in [2.24, 2.45) is 0 Å². The Balaban J connectivity index is 1.87. The quantitative estimate of drug-likeness (QED) is 0.516. The first-order valence-corrected chi connectivity index (χ1v) is 9.98. The number of likely N-dealkylation sites (N-methyl/N-ethyl adjacent to an activating group) is 1. The number of ether oxygens (including phenoxy) is 1. The molecule has 0 spiro atoms. The maximum Gasteiger partial charge on any atom is 0.260 e. The van der Waals surface area contributed by atoms with Crippen LogP contribution in [0.4, 0.5) is 4.39 Å². The van der Waals surface area contributed by atoms with Crippen molar-refractivity contribution in [3.05, 3.63) is 81.6 Å². The van der Waals surface area contributed by atoms with Gasteiger partial charge in [0, 0.05) is 29.1 Å². The molecule has 3 rings (SSSR count). The number of hydrogen-bond acceptors (Lipinski definition) is 3. The third-order valence-corrected chi connectivity index (χ3v) is 5.31. The molecular formula is C23H20Cl2FNO3. The minimum atomic E-state index is -0.691. The van der Waals surface area contributed by atoms with Crippen LogP contribution in [-0.4, -0.2) is 24.2 Å². The van der Waals surface area contributed by atoms with Crippen LogP contribution in [0, 0.1) is 5.82 Å². The number of halogens is 3. The molecule has 3 aromatic carbocycles. The van der Waals surface area contributed by atoms with Crippen LogP contribution in [0.25, 0.3) is 11.1 Å². The number of phenolic OH excluding ortho intramolecular Hbond substituents is 1. The van der Waals surface area contributed by atoms with Gasteiger partial charge in [-0.05, 0) is 60.0 Å². The molecule has 0 heterocycles. The largest absolute Gasteiger partial charge is 0.507 e. The molecule has 0 fully saturated rings. The zero-order chi connectivity index (χ0) is 21.8. The smallest absolute Gasteiger partial charge is 0.260 e. The molecule has 30 heavy (non-hydrogen) atoms. The first kappa shape index (κ1) is 21.9. The van der Waals surface area contributed by atoms with Gasteiger partial charge in [0.2, 0.25) is 0 Å². The number of rotatable bonds is 6. The third kappa shape index (κ3) is 5.04. The van der Waals surface area contributed by atoms with E-state index in [1.807, 2.05) is 6.07 Å². The van der Waals surface area contributed by atoms with E-state index in [-0.39, 0.29) is 17.5 Å². The first-order chi connectivity index (χ1) is 14.3. The van der Waals surface area contributed by atoms with E-state index in [2.05, 4.69) is 5.32 Å². The second-order valence-electron chi connectivity index (χ2n) is 6.77. The number of carbonyl (C=O) groups excluding carboxylic acids is 1. The fourth-order valence-electron chi connectivity index (χ4n) is 3.04. The minimum Gasteiger partial charge on any atom is -0.507 e. The Morgan fingerprint density at radius 3 is 2.33 bits per heavy atom. The molecule has 0 saturated carbocycles. The molecule has 0 bridgehead atoms. The molecule has 2 N–H and O–H groups in total. The van der Waals surface area contributed by atoms with Crippen LogP contribution in [0.5, 0.6) is 11.5 Å². The Hall–Kier alpha value is -2.76. The zero-order valence-electron chi connectivity index (χ0n) is 16.4. The van der Waals surface area contributed by atoms with E-state index >= 15 is 0 Å². The Morgan fingerprint density at radius 1 is 1.10 bits per heavy atom. The molecule has 0 aromatic heterocycles. The zero-order valence-corrected chi connectivity index (χ0v) is 17.9. The highest BCUT2D eigenvalue weighted by Crippen LogP contribution is 2.35. The Labute approximate surface area is 184 Å². The molecule has 0 aliphatic heterocycles. The van der Waals surface area contributed by atoms with Crippen LogP contribution in [0.3, 0.4) is 0 Å². The molecule has 0 saturated heterocycles. The van der Waals surface area contributed by atoms with Gasteiger partial charge < -0.3 is 15.2 Å². The van der Waals surface area contributed by atoms with Gasteiger partial charge in [-0.2, -0.15) is 0 Å². The van der Waals surface area contributed by atoms with Crippen molar-refractivity contribution >= 4 is 29.1 Å². The van der Waals surface area contributed by atoms with E-state index in [1.165, 1.54) is 19.2 Å². The fraction of sp³-hybridized carbons (Fsp3) is 0.174. The van der Waals surface area contributed by atoms with E-state index < -0.39 is 6.10 Å². The SMILES string of the molecule is CNC(=O)[C@H](C)Oc1cc(Cl)c(Cc2ccc(O)c(-c3ccc(F)cc3)c2)c(Cl)c1. The first-order valence-electron chi connectivity index (χ1n) is 9.22. The minimum absolute atomic E-state index is 0.0921. The molecule has 0 radical (unpaired) electrons. The van der Waals surface area contributed by atoms with Gasteiger partial charge >= 0.3 is 0 Å². The molecule has 156 valence electrons. The number of hydrogen-bond donors (Lipinski definition) is 2. The third-order valence-electron chi connectivity index (χ3n) is 4.64. The van der Waals surface area contributed by atoms with Crippen molar-refractivity contribution in [3.8, 4) is 22.6 Å². The van der Waals surface area contributed by atoms with E-state index in [0.717, 1.165) is 5.56 Å². The van der Waals surface area contributed by atoms with Gasteiger partial charge in [0.1, 0.15) is 17.3 Å². The van der Waals surface area contributed by atoms with Crippen LogP contribution in [0.2, 0.25) is 10.0 Å². The summed E-state index contributed by atoms with van der Waals surface area (Å²) in [5, 5.41) is 13.5. The lowest BCUT2D eigenvalue weighted by Gasteiger charge is -2.16. The topological polar surface area (TPSA) is 58.6 Å². The highest BCUT2D eigenvalue weighted by Gasteiger charge is 2.16. The van der Waals surface area contributed by atoms with Gasteiger partial charge in [-0.15, -0.1) is 0 Å². The van der Waals surface area contributed by atoms with E-state index in [1.54, 1.807) is 43.3 Å². The average molecular weight is 448 g/mol. The predicted molar refractivity (Wildman–Crippen MR) is 117 cm³/mol. The van der Waals surface area contributed by atoms with E-state index in [0.29, 0.717) is 38.9 Å². The number of phenols is 1. The molecule has 3 aromatic rings. The summed E-state index contributed by atoms with van der Waals surface area (Å²) in [6.45, 7) is 1.63. The van der Waals surface area contributed by atoms with Crippen LogP contribution >= 0.6 is 23.2 Å². The van der Waals surface area contributed by atoms with Gasteiger partial charge in [0.25, 0.3) is 5.91 Å². The number of aromatic hydroxyl groups is 1. The predicted octanol–water partition coefficient (Wildman–Crippen LogP) is 5.61. The Bertz CT molecular complexity index is 1050. The number of amides is 1. The molecule has 0 unspecified atom stereocenters. The monoisotopic (exact) mass is 447 g/mol. The summed E-state index contributed by atoms with van der Waals surface area (Å²) in [5.41, 5.74) is 2.83. The molecule has 1 atom stereocenters. The Morgan fingerprint density at radius 2 is 1.73 bits per heavy atom. The van der Waals surface area contributed by atoms with E-state index in [9.17, 15) is 14.3 Å². The van der Waals surface area contributed by atoms with E-state index in [4.69, 9.17) is 27.9 Å². The number of carbonyl (C=O) groups is 1. The summed E-state index contributed by atoms with van der Waals surface area (Å²) in [7, 11) is 1.53. The second-order valence-corrected chi connectivity index (χ2v) is 7.59. The molecule has 0 aliphatic carbocycles. The highest BCUT2D eigenvalue weighted by atomic mass is 35.5. The summed E-state index contributed by atoms with van der Waals surface area (Å²) in [4.78, 5) is 11.6. The van der Waals surface area contributed by atoms with Crippen molar-refractivity contribution in [1.82, 2.24) is 5.32 Å². The maximum atomic E-state index is 13.2. The number of benzene rings is 3. The van der Waals surface area contributed by atoms with Crippen LogP contribution < -0.4 is 10.1 Å². The van der Waals surface area contributed by atoms with Gasteiger partial charge in [-0.3, -0.25) is 4.79 Å². The molecule has 4 nitrogen and oxygen atoms in total. The lowest BCUT2D eigenvalue weighted by molar-refractivity contribution is -0.126. The van der Waals surface area contributed by atoms with Gasteiger partial charge in [0.15, 0.2) is 6.10 Å². The fourth-order valence-corrected chi connectivity index (χ4v) is 3.64. The van der Waals surface area contributed by atoms with Gasteiger partial charge in [-0.25, -0.2) is 4.39 Å². The van der Waals surface area contributed by atoms with Gasteiger partial charge in [-0.1, -0.05) is 41.4 Å². The number of nitrogens with one attached hydrogen (secondary N) is 1. The Kier molecular flexibility index (Phi) is 6.85. The average Bonchev–Trinajstić information content (AvgIpc) is 2.72. The summed E-state index contributed by atoms with van der Waals surface area (Å²) in [6, 6.07) is 14.3. The van der Waals surface area contributed by atoms with Crippen LogP contribution in [-0.2, 0) is 11.2 Å². The molecular weight excluding hydrogens is 428 g/mol. The van der Waals surface area contributed by atoms with Crippen LogP contribution in [0.1, 0.15) is 18.1 Å². The summed E-state index contributed by atoms with van der Waals surface area (Å²) < 4.78 is 18.8. The summed E-state index contributed by atoms with van der Waals surface area (Å²) >= 11 is 12.9. The standard InChI is InChI=1S/C23H20Cl2FNO3/c1-13(23(29)27-2)30-17-11-20(24)19(21(25)12-17)10-14-3-8-22(28)18(9-14)15-4-6-16(26)7-5-15/h3-9,11-13,28H,10H2,1-2H3,(H,27,29)/t13-/m0/s1. The molecule has 1 amide bonds. The lowest BCUT2D eigenvalue weighted by atomic mass is 9.98. The lowest BCUT2D eigenvalue weighted by Crippen LogP contribution is -2.33. The summed E-state index contributed by atoms with van der Waals surface area (Å²) in [6.07, 6.45) is -0.277.